The smallest absolute Gasteiger partial charge is 0.137 e. The quantitative estimate of drug-likeness (QED) is 0.186. The Balaban J connectivity index is 1.17. The van der Waals surface area contributed by atoms with Crippen molar-refractivity contribution in [1.29, 1.82) is 5.26 Å². The number of para-hydroxylation sites is 4. The Labute approximate surface area is 304 Å². The van der Waals surface area contributed by atoms with Gasteiger partial charge in [-0.3, -0.25) is 0 Å². The summed E-state index contributed by atoms with van der Waals surface area (Å²) in [6.07, 6.45) is 0. The average molecular weight is 676 g/mol. The molecule has 0 saturated carbocycles. The molecule has 0 saturated heterocycles. The van der Waals surface area contributed by atoms with Crippen LogP contribution in [0.25, 0.3) is 99.2 Å². The van der Waals surface area contributed by atoms with Gasteiger partial charge in [-0.1, -0.05) is 97.1 Å². The highest BCUT2D eigenvalue weighted by atomic mass is 16.3. The summed E-state index contributed by atoms with van der Waals surface area (Å²) in [5.41, 5.74) is 13.6. The molecule has 3 aromatic heterocycles. The molecule has 0 fully saturated rings. The normalized spacial score (nSPS) is 11.8. The average Bonchev–Trinajstić information content (AvgIpc) is 3.88. The molecule has 53 heavy (non-hydrogen) atoms. The van der Waals surface area contributed by atoms with Crippen LogP contribution in [-0.2, 0) is 0 Å². The molecule has 0 bridgehead atoms. The van der Waals surface area contributed by atoms with E-state index in [0.717, 1.165) is 77.6 Å². The van der Waals surface area contributed by atoms with Crippen LogP contribution < -0.4 is 0 Å². The molecule has 11 rings (SSSR count). The first kappa shape index (κ1) is 29.4. The summed E-state index contributed by atoms with van der Waals surface area (Å²) in [7, 11) is 0. The monoisotopic (exact) mass is 675 g/mol. The molecule has 0 aliphatic heterocycles. The SMILES string of the molecule is N#Cc1ccc(-c2cc(-c3ccc4c(c3)c3ccccc3n4-c3cccc4oc5ccccc5c34)cc(-n3c4ccccc4c4ccccc43)c2)cc1. The van der Waals surface area contributed by atoms with Crippen molar-refractivity contribution >= 4 is 65.6 Å². The molecule has 0 N–H and O–H groups in total. The van der Waals surface area contributed by atoms with Crippen molar-refractivity contribution in [3.8, 4) is 39.7 Å². The first-order valence-corrected chi connectivity index (χ1v) is 17.8. The Morgan fingerprint density at radius 3 is 1.64 bits per heavy atom. The van der Waals surface area contributed by atoms with Crippen LogP contribution in [0.3, 0.4) is 0 Å². The fourth-order valence-corrected chi connectivity index (χ4v) is 8.37. The van der Waals surface area contributed by atoms with E-state index in [0.29, 0.717) is 5.56 Å². The third-order valence-corrected chi connectivity index (χ3v) is 10.7. The standard InChI is InChI=1S/C49H29N3O/c50-30-31-20-22-32(23-21-31)34-26-35(28-36(27-34)51-42-14-5-1-10-37(42)38-11-2-6-15-43(38)51)33-24-25-45-41(29-33)39-12-3-7-16-44(39)52(45)46-17-9-19-48-49(46)40-13-4-8-18-47(40)53-48/h1-29H. The van der Waals surface area contributed by atoms with E-state index in [1.165, 1.54) is 21.5 Å². The van der Waals surface area contributed by atoms with E-state index in [-0.39, 0.29) is 0 Å². The lowest BCUT2D eigenvalue weighted by molar-refractivity contribution is 0.669. The Bertz CT molecular complexity index is 3240. The second-order valence-corrected chi connectivity index (χ2v) is 13.7. The van der Waals surface area contributed by atoms with Gasteiger partial charge in [0.1, 0.15) is 11.2 Å². The van der Waals surface area contributed by atoms with Gasteiger partial charge in [-0.15, -0.1) is 0 Å². The zero-order valence-electron chi connectivity index (χ0n) is 28.5. The van der Waals surface area contributed by atoms with Crippen LogP contribution in [0.1, 0.15) is 5.56 Å². The van der Waals surface area contributed by atoms with Crippen molar-refractivity contribution in [3.05, 3.63) is 181 Å². The van der Waals surface area contributed by atoms with Crippen LogP contribution >= 0.6 is 0 Å². The molecular formula is C49H29N3O. The molecule has 246 valence electrons. The van der Waals surface area contributed by atoms with Crippen molar-refractivity contribution in [2.24, 2.45) is 0 Å². The molecular weight excluding hydrogens is 647 g/mol. The molecule has 4 nitrogen and oxygen atoms in total. The maximum atomic E-state index is 9.53. The molecule has 11 aromatic rings. The molecule has 0 amide bonds. The molecule has 0 aliphatic rings. The van der Waals surface area contributed by atoms with Crippen LogP contribution in [0.4, 0.5) is 0 Å². The number of nitriles is 1. The van der Waals surface area contributed by atoms with Gasteiger partial charge in [-0.05, 0) is 101 Å². The summed E-state index contributed by atoms with van der Waals surface area (Å²) in [5, 5.41) is 16.6. The molecule has 0 spiro atoms. The summed E-state index contributed by atoms with van der Waals surface area (Å²) in [6, 6.07) is 64.4. The molecule has 8 aromatic carbocycles. The highest BCUT2D eigenvalue weighted by molar-refractivity contribution is 6.15. The first-order valence-electron chi connectivity index (χ1n) is 17.8. The van der Waals surface area contributed by atoms with Crippen molar-refractivity contribution in [2.75, 3.05) is 0 Å². The van der Waals surface area contributed by atoms with Gasteiger partial charge in [0.2, 0.25) is 0 Å². The third kappa shape index (κ3) is 4.41. The lowest BCUT2D eigenvalue weighted by atomic mass is 9.96. The van der Waals surface area contributed by atoms with Crippen LogP contribution in [0.15, 0.2) is 180 Å². The number of aromatic nitrogens is 2. The molecule has 0 atom stereocenters. The van der Waals surface area contributed by atoms with Crippen molar-refractivity contribution in [1.82, 2.24) is 9.13 Å². The predicted octanol–water partition coefficient (Wildman–Crippen LogP) is 13.0. The molecule has 0 unspecified atom stereocenters. The van der Waals surface area contributed by atoms with Gasteiger partial charge >= 0.3 is 0 Å². The second kappa shape index (κ2) is 11.3. The van der Waals surface area contributed by atoms with Crippen LogP contribution in [0.2, 0.25) is 0 Å². The largest absolute Gasteiger partial charge is 0.456 e. The highest BCUT2D eigenvalue weighted by Crippen LogP contribution is 2.41. The van der Waals surface area contributed by atoms with E-state index < -0.39 is 0 Å². The minimum absolute atomic E-state index is 0.647. The van der Waals surface area contributed by atoms with Gasteiger partial charge in [-0.2, -0.15) is 5.26 Å². The van der Waals surface area contributed by atoms with Gasteiger partial charge < -0.3 is 13.6 Å². The lowest BCUT2D eigenvalue weighted by Gasteiger charge is -2.14. The van der Waals surface area contributed by atoms with Gasteiger partial charge in [0, 0.05) is 32.6 Å². The second-order valence-electron chi connectivity index (χ2n) is 13.7. The Morgan fingerprint density at radius 1 is 0.396 bits per heavy atom. The van der Waals surface area contributed by atoms with E-state index in [1.807, 2.05) is 36.4 Å². The topological polar surface area (TPSA) is 46.8 Å². The molecule has 0 aliphatic carbocycles. The van der Waals surface area contributed by atoms with E-state index in [1.54, 1.807) is 0 Å². The van der Waals surface area contributed by atoms with Gasteiger partial charge in [-0.25, -0.2) is 0 Å². The van der Waals surface area contributed by atoms with Crippen molar-refractivity contribution < 1.29 is 4.42 Å². The number of fused-ring (bicyclic) bond motifs is 9. The minimum atomic E-state index is 0.647. The lowest BCUT2D eigenvalue weighted by Crippen LogP contribution is -1.96. The Morgan fingerprint density at radius 2 is 0.943 bits per heavy atom. The summed E-state index contributed by atoms with van der Waals surface area (Å²) >= 11 is 0. The number of hydrogen-bond donors (Lipinski definition) is 0. The summed E-state index contributed by atoms with van der Waals surface area (Å²) < 4.78 is 11.1. The molecule has 4 heteroatoms. The minimum Gasteiger partial charge on any atom is -0.456 e. The Hall–Kier alpha value is -7.35. The highest BCUT2D eigenvalue weighted by Gasteiger charge is 2.19. The summed E-state index contributed by atoms with van der Waals surface area (Å²) in [5.74, 6) is 0. The number of benzene rings is 8. The number of nitrogens with zero attached hydrogens (tertiary/aromatic N) is 3. The van der Waals surface area contributed by atoms with E-state index in [9.17, 15) is 5.26 Å². The zero-order valence-corrected chi connectivity index (χ0v) is 28.5. The van der Waals surface area contributed by atoms with Crippen molar-refractivity contribution in [3.63, 3.8) is 0 Å². The molecule has 3 heterocycles. The fourth-order valence-electron chi connectivity index (χ4n) is 8.37. The van der Waals surface area contributed by atoms with Crippen LogP contribution in [-0.4, -0.2) is 9.13 Å². The van der Waals surface area contributed by atoms with E-state index in [2.05, 4.69) is 155 Å². The fraction of sp³-hybridized carbons (Fsp3) is 0. The summed E-state index contributed by atoms with van der Waals surface area (Å²) in [4.78, 5) is 0. The number of rotatable bonds is 4. The first-order chi connectivity index (χ1) is 26.2. The van der Waals surface area contributed by atoms with Gasteiger partial charge in [0.05, 0.1) is 44.8 Å². The Kier molecular flexibility index (Phi) is 6.28. The maximum absolute atomic E-state index is 9.53. The zero-order chi connectivity index (χ0) is 35.0. The van der Waals surface area contributed by atoms with E-state index >= 15 is 0 Å². The van der Waals surface area contributed by atoms with Gasteiger partial charge in [0.15, 0.2) is 0 Å². The third-order valence-electron chi connectivity index (χ3n) is 10.7. The van der Waals surface area contributed by atoms with Gasteiger partial charge in [0.25, 0.3) is 0 Å². The van der Waals surface area contributed by atoms with E-state index in [4.69, 9.17) is 4.42 Å². The number of hydrogen-bond acceptors (Lipinski definition) is 2. The van der Waals surface area contributed by atoms with Crippen molar-refractivity contribution in [2.45, 2.75) is 0 Å². The summed E-state index contributed by atoms with van der Waals surface area (Å²) in [6.45, 7) is 0. The van der Waals surface area contributed by atoms with Crippen LogP contribution in [0.5, 0.6) is 0 Å². The maximum Gasteiger partial charge on any atom is 0.137 e. The predicted molar refractivity (Wildman–Crippen MR) is 218 cm³/mol. The van der Waals surface area contributed by atoms with Crippen LogP contribution in [0, 0.1) is 11.3 Å². The molecule has 0 radical (unpaired) electrons. The number of furan rings is 1.